The Kier molecular flexibility index (Phi) is 12.0. The standard InChI is InChI=1S/C49H58N8O6S.2H2/c1-9-56-37-16-15-29-21-32(37)33(43(56)31-13-11-18-50-41(31)28(4)61-8)23-49(5,6)26-63-48(60)34-14-12-19-57(54-34)47(59)42(44(62-10-2)46-52-36(29)25-64-46)53-45(58)40-27(3)39(40)35-22-30-17-20-55(7)38(30)24-51-35;;/h11,13,15-18,20-22,24-25,27-28,34,39-40,42,44,54H,9-10,12,14,19,23,26H2,1-8H3,(H,53,58);2*1H/t27-,28-,34-,39-,40+,42-,44-;;/m0../s1. The summed E-state index contributed by atoms with van der Waals surface area (Å²) in [6.45, 7) is 13.8. The highest BCUT2D eigenvalue weighted by atomic mass is 32.1. The quantitative estimate of drug-likeness (QED) is 0.136. The average Bonchev–Trinajstić information content (AvgIpc) is 3.58. The van der Waals surface area contributed by atoms with Crippen molar-refractivity contribution in [2.24, 2.45) is 24.3 Å². The van der Waals surface area contributed by atoms with Crippen LogP contribution in [0.15, 0.2) is 66.4 Å². The number of hydrogen-bond acceptors (Lipinski definition) is 11. The average molecular weight is 891 g/mol. The number of carbonyl (C=O) groups excluding carboxylic acids is 3. The van der Waals surface area contributed by atoms with Crippen molar-refractivity contribution in [1.82, 2.24) is 39.8 Å². The molecule has 6 aromatic rings. The maximum atomic E-state index is 14.9. The summed E-state index contributed by atoms with van der Waals surface area (Å²) in [5.74, 6) is -1.59. The van der Waals surface area contributed by atoms with E-state index in [1.54, 1.807) is 13.3 Å². The van der Waals surface area contributed by atoms with E-state index in [9.17, 15) is 14.4 Å². The second kappa shape index (κ2) is 17.5. The number of cyclic esters (lactones) is 1. The van der Waals surface area contributed by atoms with Gasteiger partial charge in [0, 0.05) is 105 Å². The van der Waals surface area contributed by atoms with E-state index in [0.29, 0.717) is 37.4 Å². The van der Waals surface area contributed by atoms with Crippen LogP contribution in [0.3, 0.4) is 0 Å². The molecule has 5 aromatic heterocycles. The van der Waals surface area contributed by atoms with E-state index in [2.05, 4.69) is 66.4 Å². The van der Waals surface area contributed by atoms with Crippen molar-refractivity contribution in [2.75, 3.05) is 26.9 Å². The van der Waals surface area contributed by atoms with Crippen LogP contribution in [0.2, 0.25) is 0 Å². The van der Waals surface area contributed by atoms with E-state index in [4.69, 9.17) is 29.2 Å². The molecule has 64 heavy (non-hydrogen) atoms. The molecule has 7 atom stereocenters. The number of benzene rings is 1. The van der Waals surface area contributed by atoms with Crippen LogP contribution in [0.1, 0.15) is 97.3 Å². The van der Waals surface area contributed by atoms with Gasteiger partial charge in [-0.3, -0.25) is 29.4 Å². The molecule has 6 bridgehead atoms. The summed E-state index contributed by atoms with van der Waals surface area (Å²) in [7, 11) is 3.68. The molecule has 2 amide bonds. The fraction of sp³-hybridized carbons (Fsp3) is 0.469. The monoisotopic (exact) mass is 890 g/mol. The Morgan fingerprint density at radius 2 is 1.97 bits per heavy atom. The number of aromatic nitrogens is 5. The zero-order valence-electron chi connectivity index (χ0n) is 37.9. The summed E-state index contributed by atoms with van der Waals surface area (Å²) in [4.78, 5) is 58.1. The van der Waals surface area contributed by atoms with Gasteiger partial charge >= 0.3 is 5.97 Å². The van der Waals surface area contributed by atoms with E-state index in [-0.39, 0.29) is 39.9 Å². The molecular weight excluding hydrogens is 829 g/mol. The molecule has 0 radical (unpaired) electrons. The van der Waals surface area contributed by atoms with E-state index >= 15 is 0 Å². The number of hydrogen-bond donors (Lipinski definition) is 2. The van der Waals surface area contributed by atoms with Crippen molar-refractivity contribution in [3.05, 3.63) is 88.4 Å². The molecule has 2 N–H and O–H groups in total. The minimum Gasteiger partial charge on any atom is -0.464 e. The predicted octanol–water partition coefficient (Wildman–Crippen LogP) is 8.17. The molecule has 2 aliphatic heterocycles. The van der Waals surface area contributed by atoms with Gasteiger partial charge in [0.15, 0.2) is 0 Å². The van der Waals surface area contributed by atoms with Crippen molar-refractivity contribution in [1.29, 1.82) is 0 Å². The van der Waals surface area contributed by atoms with Gasteiger partial charge in [0.2, 0.25) is 5.91 Å². The van der Waals surface area contributed by atoms with Crippen LogP contribution in [-0.4, -0.2) is 85.8 Å². The SMILES string of the molecule is CCO[C@@H]1c2nc(cs2)-c2ccc3c(c2)c(c(-c2cccnc2[C@H](C)OC)n3CC)CC(C)(C)COC(=O)[C@@H]2CCCN(N2)C(=O)[C@H]1NC(=O)[C@@H]1[C@@H](C)[C@H]1c1cc2ccn(C)c2cn1.[HH].[HH]. The lowest BCUT2D eigenvalue weighted by Gasteiger charge is -2.37. The van der Waals surface area contributed by atoms with E-state index in [0.717, 1.165) is 61.3 Å². The number of esters is 1. The molecule has 2 fully saturated rings. The molecule has 340 valence electrons. The van der Waals surface area contributed by atoms with Gasteiger partial charge in [0.05, 0.1) is 41.5 Å². The first-order valence-electron chi connectivity index (χ1n) is 22.5. The largest absolute Gasteiger partial charge is 0.464 e. The summed E-state index contributed by atoms with van der Waals surface area (Å²) in [6, 6.07) is 12.7. The number of hydrazine groups is 1. The maximum Gasteiger partial charge on any atom is 0.324 e. The highest BCUT2D eigenvalue weighted by Gasteiger charge is 2.54. The Morgan fingerprint density at radius 1 is 1.14 bits per heavy atom. The van der Waals surface area contributed by atoms with E-state index < -0.39 is 41.4 Å². The van der Waals surface area contributed by atoms with Crippen LogP contribution in [0, 0.1) is 17.3 Å². The Balaban J connectivity index is 0.00000324. The Bertz CT molecular complexity index is 2750. The molecular formula is C49H62N8O6S. The number of pyridine rings is 2. The van der Waals surface area contributed by atoms with Gasteiger partial charge in [-0.1, -0.05) is 26.8 Å². The number of nitrogens with one attached hydrogen (secondary N) is 2. The highest BCUT2D eigenvalue weighted by Crippen LogP contribution is 2.54. The lowest BCUT2D eigenvalue weighted by molar-refractivity contribution is -0.156. The van der Waals surface area contributed by atoms with E-state index in [1.807, 2.05) is 62.3 Å². The predicted molar refractivity (Wildman–Crippen MR) is 250 cm³/mol. The minimum atomic E-state index is -1.15. The van der Waals surface area contributed by atoms with Gasteiger partial charge < -0.3 is 28.7 Å². The molecule has 3 aliphatic rings. The molecule has 7 heterocycles. The lowest BCUT2D eigenvalue weighted by Crippen LogP contribution is -2.61. The molecule has 1 aromatic carbocycles. The van der Waals surface area contributed by atoms with Crippen LogP contribution in [0.5, 0.6) is 0 Å². The third-order valence-corrected chi connectivity index (χ3v) is 14.3. The normalized spacial score (nSPS) is 24.1. The van der Waals surface area contributed by atoms with E-state index in [1.165, 1.54) is 16.3 Å². The summed E-state index contributed by atoms with van der Waals surface area (Å²) in [5.41, 5.74) is 11.3. The molecule has 14 nitrogen and oxygen atoms in total. The molecule has 1 aliphatic carbocycles. The van der Waals surface area contributed by atoms with Gasteiger partial charge in [-0.25, -0.2) is 10.4 Å². The molecule has 0 spiro atoms. The third kappa shape index (κ3) is 8.01. The van der Waals surface area contributed by atoms with Crippen molar-refractivity contribution in [3.63, 3.8) is 0 Å². The number of ether oxygens (including phenoxy) is 3. The Morgan fingerprint density at radius 3 is 2.75 bits per heavy atom. The number of carbonyl (C=O) groups is 3. The first-order valence-corrected chi connectivity index (χ1v) is 23.4. The Hall–Kier alpha value is -5.48. The summed E-state index contributed by atoms with van der Waals surface area (Å²) >= 11 is 1.40. The van der Waals surface area contributed by atoms with Crippen LogP contribution in [0.25, 0.3) is 44.3 Å². The number of fused-ring (bicyclic) bond motifs is 7. The van der Waals surface area contributed by atoms with Crippen LogP contribution < -0.4 is 10.7 Å². The fourth-order valence-electron chi connectivity index (χ4n) is 9.87. The van der Waals surface area contributed by atoms with Gasteiger partial charge in [-0.2, -0.15) is 0 Å². The van der Waals surface area contributed by atoms with Crippen LogP contribution in [-0.2, 0) is 48.6 Å². The number of aryl methyl sites for hydroxylation is 2. The first kappa shape index (κ1) is 43.8. The van der Waals surface area contributed by atoms with Gasteiger partial charge in [0.25, 0.3) is 5.91 Å². The number of methoxy groups -OCH3 is 1. The molecule has 9 rings (SSSR count). The number of amides is 2. The van der Waals surface area contributed by atoms with Crippen molar-refractivity contribution in [3.8, 4) is 22.5 Å². The Labute approximate surface area is 380 Å². The van der Waals surface area contributed by atoms with Gasteiger partial charge in [0.1, 0.15) is 23.2 Å². The smallest absolute Gasteiger partial charge is 0.324 e. The lowest BCUT2D eigenvalue weighted by atomic mass is 9.84. The second-order valence-electron chi connectivity index (χ2n) is 18.3. The zero-order valence-corrected chi connectivity index (χ0v) is 38.7. The van der Waals surface area contributed by atoms with Gasteiger partial charge in [-0.15, -0.1) is 11.3 Å². The molecule has 1 saturated heterocycles. The maximum absolute atomic E-state index is 14.9. The number of rotatable bonds is 9. The van der Waals surface area contributed by atoms with Crippen molar-refractivity contribution >= 4 is 50.9 Å². The van der Waals surface area contributed by atoms with Crippen LogP contribution in [0.4, 0.5) is 0 Å². The number of nitrogens with zero attached hydrogens (tertiary/aromatic N) is 6. The molecule has 1 saturated carbocycles. The molecule has 0 unspecified atom stereocenters. The fourth-order valence-corrected chi connectivity index (χ4v) is 10.8. The number of thiazole rings is 1. The topological polar surface area (TPSA) is 155 Å². The summed E-state index contributed by atoms with van der Waals surface area (Å²) in [5, 5.41) is 9.29. The first-order chi connectivity index (χ1) is 30.8. The van der Waals surface area contributed by atoms with Crippen molar-refractivity contribution < 1.29 is 31.4 Å². The second-order valence-corrected chi connectivity index (χ2v) is 19.2. The zero-order chi connectivity index (χ0) is 45.0. The summed E-state index contributed by atoms with van der Waals surface area (Å²) < 4.78 is 22.8. The van der Waals surface area contributed by atoms with Crippen LogP contribution >= 0.6 is 11.3 Å². The highest BCUT2D eigenvalue weighted by molar-refractivity contribution is 7.10. The van der Waals surface area contributed by atoms with Crippen molar-refractivity contribution in [2.45, 2.75) is 97.6 Å². The summed E-state index contributed by atoms with van der Waals surface area (Å²) in [6.07, 6.45) is 6.13. The third-order valence-electron chi connectivity index (χ3n) is 13.4. The molecule has 15 heteroatoms. The van der Waals surface area contributed by atoms with Gasteiger partial charge in [-0.05, 0) is 87.9 Å². The minimum absolute atomic E-state index is 0.